The summed E-state index contributed by atoms with van der Waals surface area (Å²) in [5, 5.41) is 2.17. The van der Waals surface area contributed by atoms with Gasteiger partial charge in [0.25, 0.3) is 15.9 Å². The van der Waals surface area contributed by atoms with Gasteiger partial charge in [-0.25, -0.2) is 17.2 Å². The molecule has 1 amide bonds. The van der Waals surface area contributed by atoms with Crippen molar-refractivity contribution < 1.29 is 35.2 Å². The minimum atomic E-state index is -4.64. The average molecular weight is 658 g/mol. The minimum absolute atomic E-state index is 0.00436. The number of fused-ring (bicyclic) bond motifs is 2. The van der Waals surface area contributed by atoms with Crippen LogP contribution in [0.5, 0.6) is 0 Å². The lowest BCUT2D eigenvalue weighted by molar-refractivity contribution is -0.137. The monoisotopic (exact) mass is 657 g/mol. The molecule has 0 radical (unpaired) electrons. The highest BCUT2D eigenvalue weighted by molar-refractivity contribution is 7.99. The molecule has 228 valence electrons. The number of benzene rings is 2. The zero-order valence-corrected chi connectivity index (χ0v) is 24.8. The highest BCUT2D eigenvalue weighted by Gasteiger charge is 2.61. The molecule has 2 aliphatic heterocycles. The topological polar surface area (TPSA) is 79.4 Å². The molecule has 3 heterocycles. The Morgan fingerprint density at radius 1 is 1.09 bits per heavy atom. The number of nitrogens with zero attached hydrogens (tertiary/aromatic N) is 2. The molecule has 43 heavy (non-hydrogen) atoms. The zero-order valence-electron chi connectivity index (χ0n) is 22.4. The SMILES string of the molecule is O=C(NCc1ncc(C(F)(F)F)cc1Cl)c1ccc2c(c1F)C1(CCSCC1)C(C1CC1)N2S(=O)(=O)c1ccc(F)cc1. The molecule has 1 aliphatic carbocycles. The summed E-state index contributed by atoms with van der Waals surface area (Å²) < 4.78 is 98.7. The van der Waals surface area contributed by atoms with Gasteiger partial charge in [0.05, 0.1) is 45.0 Å². The first kappa shape index (κ1) is 30.1. The van der Waals surface area contributed by atoms with Crippen molar-refractivity contribution in [3.8, 4) is 0 Å². The fourth-order valence-electron chi connectivity index (χ4n) is 6.27. The number of amides is 1. The molecule has 2 aromatic carbocycles. The smallest absolute Gasteiger partial charge is 0.346 e. The van der Waals surface area contributed by atoms with Crippen LogP contribution in [0.3, 0.4) is 0 Å². The van der Waals surface area contributed by atoms with Crippen molar-refractivity contribution in [2.24, 2.45) is 5.92 Å². The summed E-state index contributed by atoms with van der Waals surface area (Å²) in [6.45, 7) is -0.357. The quantitative estimate of drug-likeness (QED) is 0.298. The van der Waals surface area contributed by atoms with Gasteiger partial charge >= 0.3 is 6.18 Å². The molecule has 1 atom stereocenters. The van der Waals surface area contributed by atoms with Crippen LogP contribution >= 0.6 is 23.4 Å². The van der Waals surface area contributed by atoms with E-state index in [9.17, 15) is 30.8 Å². The molecule has 3 aliphatic rings. The Balaban J connectivity index is 1.39. The molecule has 3 aromatic rings. The van der Waals surface area contributed by atoms with E-state index in [4.69, 9.17) is 11.6 Å². The maximum Gasteiger partial charge on any atom is 0.417 e. The number of hydrogen-bond acceptors (Lipinski definition) is 5. The molecular formula is C29H25ClF5N3O3S2. The number of sulfonamides is 1. The Morgan fingerprint density at radius 2 is 1.77 bits per heavy atom. The summed E-state index contributed by atoms with van der Waals surface area (Å²) in [5.74, 6) is -0.913. The Kier molecular flexibility index (Phi) is 7.65. The zero-order chi connectivity index (χ0) is 30.7. The predicted molar refractivity (Wildman–Crippen MR) is 153 cm³/mol. The molecule has 1 saturated carbocycles. The highest BCUT2D eigenvalue weighted by atomic mass is 35.5. The predicted octanol–water partition coefficient (Wildman–Crippen LogP) is 6.71. The lowest BCUT2D eigenvalue weighted by Gasteiger charge is -2.41. The van der Waals surface area contributed by atoms with Crippen LogP contribution in [-0.2, 0) is 28.2 Å². The van der Waals surface area contributed by atoms with E-state index in [1.807, 2.05) is 0 Å². The van der Waals surface area contributed by atoms with Crippen LogP contribution in [0.15, 0.2) is 53.6 Å². The van der Waals surface area contributed by atoms with E-state index in [1.54, 1.807) is 11.8 Å². The summed E-state index contributed by atoms with van der Waals surface area (Å²) in [4.78, 5) is 16.8. The molecule has 1 saturated heterocycles. The lowest BCUT2D eigenvalue weighted by atomic mass is 9.70. The molecule has 1 aromatic heterocycles. The number of anilines is 1. The van der Waals surface area contributed by atoms with E-state index in [0.29, 0.717) is 36.6 Å². The minimum Gasteiger partial charge on any atom is -0.346 e. The van der Waals surface area contributed by atoms with Gasteiger partial charge in [-0.15, -0.1) is 0 Å². The van der Waals surface area contributed by atoms with Gasteiger partial charge in [-0.3, -0.25) is 14.1 Å². The number of carbonyl (C=O) groups excluding carboxylic acids is 1. The molecular weight excluding hydrogens is 633 g/mol. The van der Waals surface area contributed by atoms with Crippen LogP contribution in [0.1, 0.15) is 52.9 Å². The van der Waals surface area contributed by atoms with Gasteiger partial charge in [0, 0.05) is 17.2 Å². The number of pyridine rings is 1. The number of nitrogens with one attached hydrogen (secondary N) is 1. The molecule has 1 unspecified atom stereocenters. The third-order valence-corrected chi connectivity index (χ3v) is 11.5. The second-order valence-corrected chi connectivity index (χ2v) is 14.4. The van der Waals surface area contributed by atoms with Crippen LogP contribution in [0, 0.1) is 17.6 Å². The number of rotatable bonds is 6. The maximum atomic E-state index is 16.6. The van der Waals surface area contributed by atoms with Gasteiger partial charge in [-0.1, -0.05) is 11.6 Å². The molecule has 6 nitrogen and oxygen atoms in total. The van der Waals surface area contributed by atoms with Gasteiger partial charge in [-0.05, 0) is 85.6 Å². The number of carbonyl (C=O) groups is 1. The normalized spacial score (nSPS) is 19.9. The van der Waals surface area contributed by atoms with Crippen LogP contribution in [0.4, 0.5) is 27.6 Å². The molecule has 6 rings (SSSR count). The first-order chi connectivity index (χ1) is 20.3. The van der Waals surface area contributed by atoms with E-state index >= 15 is 4.39 Å². The Labute approximate surface area is 254 Å². The van der Waals surface area contributed by atoms with Crippen molar-refractivity contribution in [2.75, 3.05) is 15.8 Å². The summed E-state index contributed by atoms with van der Waals surface area (Å²) in [7, 11) is -4.22. The van der Waals surface area contributed by atoms with Gasteiger partial charge in [0.2, 0.25) is 0 Å². The highest BCUT2D eigenvalue weighted by Crippen LogP contribution is 2.60. The maximum absolute atomic E-state index is 16.6. The number of halogens is 6. The van der Waals surface area contributed by atoms with Gasteiger partial charge in [0.1, 0.15) is 11.6 Å². The molecule has 0 bridgehead atoms. The van der Waals surface area contributed by atoms with Crippen molar-refractivity contribution in [3.63, 3.8) is 0 Å². The number of hydrogen-bond donors (Lipinski definition) is 1. The molecule has 1 N–H and O–H groups in total. The van der Waals surface area contributed by atoms with Gasteiger partial charge in [-0.2, -0.15) is 24.9 Å². The van der Waals surface area contributed by atoms with Crippen molar-refractivity contribution in [2.45, 2.75) is 54.8 Å². The Hall–Kier alpha value is -2.90. The van der Waals surface area contributed by atoms with E-state index in [0.717, 1.165) is 25.0 Å². The van der Waals surface area contributed by atoms with Crippen LogP contribution in [0.25, 0.3) is 0 Å². The summed E-state index contributed by atoms with van der Waals surface area (Å²) in [6, 6.07) is 7.28. The fourth-order valence-corrected chi connectivity index (χ4v) is 9.51. The van der Waals surface area contributed by atoms with Gasteiger partial charge in [0.15, 0.2) is 0 Å². The molecule has 1 spiro atoms. The molecule has 2 fully saturated rings. The van der Waals surface area contributed by atoms with Crippen LogP contribution < -0.4 is 9.62 Å². The summed E-state index contributed by atoms with van der Waals surface area (Å²) in [6.07, 6.45) is -1.47. The van der Waals surface area contributed by atoms with Crippen molar-refractivity contribution in [1.82, 2.24) is 10.3 Å². The number of thioether (sulfide) groups is 1. The number of aromatic nitrogens is 1. The molecule has 14 heteroatoms. The summed E-state index contributed by atoms with van der Waals surface area (Å²) >= 11 is 7.66. The Morgan fingerprint density at radius 3 is 2.37 bits per heavy atom. The van der Waals surface area contributed by atoms with Gasteiger partial charge < -0.3 is 5.32 Å². The van der Waals surface area contributed by atoms with E-state index in [-0.39, 0.29) is 44.9 Å². The average Bonchev–Trinajstić information content (AvgIpc) is 3.76. The van der Waals surface area contributed by atoms with E-state index in [2.05, 4.69) is 10.3 Å². The lowest BCUT2D eigenvalue weighted by Crippen LogP contribution is -2.50. The van der Waals surface area contributed by atoms with Crippen molar-refractivity contribution in [3.05, 3.63) is 87.7 Å². The van der Waals surface area contributed by atoms with Crippen molar-refractivity contribution in [1.29, 1.82) is 0 Å². The number of alkyl halides is 3. The largest absolute Gasteiger partial charge is 0.417 e. The van der Waals surface area contributed by atoms with Crippen LogP contribution in [0.2, 0.25) is 5.02 Å². The Bertz CT molecular complexity index is 1690. The first-order valence-electron chi connectivity index (χ1n) is 13.5. The first-order valence-corrected chi connectivity index (χ1v) is 16.5. The van der Waals surface area contributed by atoms with Crippen molar-refractivity contribution >= 4 is 45.0 Å². The van der Waals surface area contributed by atoms with Crippen LogP contribution in [-0.4, -0.2) is 36.9 Å². The van der Waals surface area contributed by atoms with E-state index in [1.165, 1.54) is 28.6 Å². The van der Waals surface area contributed by atoms with E-state index < -0.39 is 50.8 Å². The second-order valence-electron chi connectivity index (χ2n) is 11.0. The fraction of sp³-hybridized carbons (Fsp3) is 0.379. The standard InChI is InChI=1S/C29H25ClF5N3O3S2/c30-21-13-17(29(33,34)35)14-36-22(21)15-37-27(39)20-7-8-23-24(25(20)32)28(9-11-42-12-10-28)26(16-1-2-16)38(23)43(40,41)19-5-3-18(31)4-6-19/h3-8,13-14,16,26H,1-2,9-12,15H2,(H,37,39). The second kappa shape index (κ2) is 10.9. The third kappa shape index (κ3) is 5.27. The summed E-state index contributed by atoms with van der Waals surface area (Å²) in [5.41, 5.74) is -1.93. The third-order valence-electron chi connectivity index (χ3n) is 8.40.